The fourth-order valence-corrected chi connectivity index (χ4v) is 7.49. The molecule has 1 nitrogen and oxygen atoms in total. The second-order valence-corrected chi connectivity index (χ2v) is 11.5. The molecule has 29 heavy (non-hydrogen) atoms. The number of allylic oxidation sites excluding steroid dienone is 6. The van der Waals surface area contributed by atoms with Crippen LogP contribution in [0.25, 0.3) is 0 Å². The van der Waals surface area contributed by atoms with E-state index < -0.39 is 0 Å². The molecular formula is C28H42O. The number of aliphatic hydroxyl groups is 1. The predicted molar refractivity (Wildman–Crippen MR) is 123 cm³/mol. The summed E-state index contributed by atoms with van der Waals surface area (Å²) in [6.07, 6.45) is 17.9. The van der Waals surface area contributed by atoms with Crippen molar-refractivity contribution in [2.75, 3.05) is 0 Å². The second-order valence-electron chi connectivity index (χ2n) is 11.5. The number of rotatable bonds is 4. The van der Waals surface area contributed by atoms with Crippen molar-refractivity contribution in [1.82, 2.24) is 0 Å². The van der Waals surface area contributed by atoms with Crippen LogP contribution in [-0.4, -0.2) is 11.2 Å². The Bertz CT molecular complexity index is 752. The van der Waals surface area contributed by atoms with Gasteiger partial charge in [-0.2, -0.15) is 0 Å². The average molecular weight is 395 g/mol. The molecule has 7 unspecified atom stereocenters. The average Bonchev–Trinajstić information content (AvgIpc) is 3.03. The predicted octanol–water partition coefficient (Wildman–Crippen LogP) is 7.25. The monoisotopic (exact) mass is 394 g/mol. The molecule has 160 valence electrons. The Morgan fingerprint density at radius 2 is 1.83 bits per heavy atom. The molecule has 0 aromatic rings. The van der Waals surface area contributed by atoms with Crippen LogP contribution >= 0.6 is 0 Å². The van der Waals surface area contributed by atoms with Gasteiger partial charge in [-0.1, -0.05) is 82.2 Å². The summed E-state index contributed by atoms with van der Waals surface area (Å²) in [5.74, 6) is 3.38. The number of aliphatic hydroxyl groups excluding tert-OH is 1. The molecule has 4 aliphatic rings. The molecule has 0 saturated heterocycles. The van der Waals surface area contributed by atoms with Gasteiger partial charge in [0, 0.05) is 0 Å². The van der Waals surface area contributed by atoms with Gasteiger partial charge in [0.05, 0.1) is 6.10 Å². The SMILES string of the molecule is C=C(/C=C/C(C)C1CCC2C3=CC=C4CC(O)CCC4(C)C3CCC21C)C(C)C. The summed E-state index contributed by atoms with van der Waals surface area (Å²) in [5.41, 5.74) is 5.25. The van der Waals surface area contributed by atoms with Crippen molar-refractivity contribution < 1.29 is 5.11 Å². The minimum atomic E-state index is -0.123. The first kappa shape index (κ1) is 21.2. The lowest BCUT2D eigenvalue weighted by atomic mass is 9.50. The molecule has 4 rings (SSSR count). The van der Waals surface area contributed by atoms with E-state index in [1.807, 2.05) is 0 Å². The zero-order valence-electron chi connectivity index (χ0n) is 19.4. The van der Waals surface area contributed by atoms with Crippen molar-refractivity contribution in [3.63, 3.8) is 0 Å². The van der Waals surface area contributed by atoms with Crippen LogP contribution < -0.4 is 0 Å². The van der Waals surface area contributed by atoms with E-state index in [-0.39, 0.29) is 6.10 Å². The third-order valence-electron chi connectivity index (χ3n) is 9.61. The van der Waals surface area contributed by atoms with E-state index in [4.69, 9.17) is 0 Å². The van der Waals surface area contributed by atoms with Gasteiger partial charge in [0.15, 0.2) is 0 Å². The number of hydrogen-bond acceptors (Lipinski definition) is 1. The molecule has 0 heterocycles. The van der Waals surface area contributed by atoms with E-state index in [1.54, 1.807) is 5.57 Å². The lowest BCUT2D eigenvalue weighted by Gasteiger charge is -2.55. The highest BCUT2D eigenvalue weighted by atomic mass is 16.3. The van der Waals surface area contributed by atoms with Gasteiger partial charge in [-0.05, 0) is 85.4 Å². The van der Waals surface area contributed by atoms with Crippen LogP contribution in [0, 0.1) is 40.4 Å². The molecule has 3 fully saturated rings. The maximum Gasteiger partial charge on any atom is 0.0578 e. The Hall–Kier alpha value is -1.08. The molecule has 1 N–H and O–H groups in total. The van der Waals surface area contributed by atoms with Gasteiger partial charge in [-0.25, -0.2) is 0 Å². The molecular weight excluding hydrogens is 352 g/mol. The molecule has 0 spiro atoms. The molecule has 0 aromatic heterocycles. The first-order valence-corrected chi connectivity index (χ1v) is 12.1. The van der Waals surface area contributed by atoms with Crippen molar-refractivity contribution in [2.45, 2.75) is 85.7 Å². The van der Waals surface area contributed by atoms with Crippen LogP contribution in [0.1, 0.15) is 79.6 Å². The summed E-state index contributed by atoms with van der Waals surface area (Å²) in [6, 6.07) is 0. The maximum atomic E-state index is 10.2. The van der Waals surface area contributed by atoms with E-state index in [9.17, 15) is 5.11 Å². The van der Waals surface area contributed by atoms with E-state index in [1.165, 1.54) is 36.8 Å². The van der Waals surface area contributed by atoms with Crippen LogP contribution in [0.4, 0.5) is 0 Å². The topological polar surface area (TPSA) is 20.2 Å². The Labute approximate surface area is 179 Å². The standard InChI is InChI=1S/C28H42O/c1-18(2)19(3)7-8-20(4)24-11-12-25-23-10-9-21-17-22(29)13-15-27(21,5)26(23)14-16-28(24,25)6/h7-10,18,20,22,24-26,29H,3,11-17H2,1-2,4-6H3/b8-7+. The molecule has 0 aromatic carbocycles. The summed E-state index contributed by atoms with van der Waals surface area (Å²) >= 11 is 0. The Kier molecular flexibility index (Phi) is 5.52. The molecule has 7 atom stereocenters. The van der Waals surface area contributed by atoms with Crippen LogP contribution in [0.15, 0.2) is 47.6 Å². The molecule has 0 amide bonds. The van der Waals surface area contributed by atoms with E-state index >= 15 is 0 Å². The molecule has 1 heteroatoms. The highest BCUT2D eigenvalue weighted by Gasteiger charge is 2.56. The fourth-order valence-electron chi connectivity index (χ4n) is 7.49. The maximum absolute atomic E-state index is 10.2. The van der Waals surface area contributed by atoms with Crippen LogP contribution in [-0.2, 0) is 0 Å². The van der Waals surface area contributed by atoms with Crippen molar-refractivity contribution in [2.24, 2.45) is 40.4 Å². The Morgan fingerprint density at radius 1 is 1.07 bits per heavy atom. The molecule has 0 bridgehead atoms. The summed E-state index contributed by atoms with van der Waals surface area (Å²) in [7, 11) is 0. The fraction of sp³-hybridized carbons (Fsp3) is 0.714. The molecule has 4 aliphatic carbocycles. The molecule has 0 aliphatic heterocycles. The van der Waals surface area contributed by atoms with Crippen molar-refractivity contribution in [1.29, 1.82) is 0 Å². The number of hydrogen-bond donors (Lipinski definition) is 1. The Balaban J connectivity index is 1.57. The van der Waals surface area contributed by atoms with Gasteiger partial charge < -0.3 is 5.11 Å². The van der Waals surface area contributed by atoms with Crippen LogP contribution in [0.3, 0.4) is 0 Å². The zero-order chi connectivity index (χ0) is 21.0. The smallest absolute Gasteiger partial charge is 0.0578 e. The third-order valence-corrected chi connectivity index (χ3v) is 9.61. The minimum Gasteiger partial charge on any atom is -0.393 e. The third kappa shape index (κ3) is 3.42. The second kappa shape index (κ2) is 7.56. The Morgan fingerprint density at radius 3 is 2.55 bits per heavy atom. The van der Waals surface area contributed by atoms with E-state index in [0.29, 0.717) is 28.6 Å². The quantitative estimate of drug-likeness (QED) is 0.498. The summed E-state index contributed by atoms with van der Waals surface area (Å²) < 4.78 is 0. The first-order valence-electron chi connectivity index (χ1n) is 12.1. The lowest BCUT2D eigenvalue weighted by Crippen LogP contribution is -2.46. The summed E-state index contributed by atoms with van der Waals surface area (Å²) in [4.78, 5) is 0. The van der Waals surface area contributed by atoms with Gasteiger partial charge in [-0.3, -0.25) is 0 Å². The first-order chi connectivity index (χ1) is 13.7. The summed E-state index contributed by atoms with van der Waals surface area (Å²) in [5, 5.41) is 10.2. The van der Waals surface area contributed by atoms with E-state index in [0.717, 1.165) is 31.1 Å². The van der Waals surface area contributed by atoms with Gasteiger partial charge in [-0.15, -0.1) is 0 Å². The minimum absolute atomic E-state index is 0.123. The van der Waals surface area contributed by atoms with Gasteiger partial charge in [0.25, 0.3) is 0 Å². The van der Waals surface area contributed by atoms with Gasteiger partial charge >= 0.3 is 0 Å². The van der Waals surface area contributed by atoms with Gasteiger partial charge in [0.1, 0.15) is 0 Å². The number of fused-ring (bicyclic) bond motifs is 5. The highest BCUT2D eigenvalue weighted by Crippen LogP contribution is 2.65. The van der Waals surface area contributed by atoms with E-state index in [2.05, 4.69) is 65.5 Å². The summed E-state index contributed by atoms with van der Waals surface area (Å²) in [6.45, 7) is 16.2. The normalized spacial score (nSPS) is 42.7. The zero-order valence-corrected chi connectivity index (χ0v) is 19.4. The van der Waals surface area contributed by atoms with Crippen molar-refractivity contribution >= 4 is 0 Å². The molecule has 3 saturated carbocycles. The van der Waals surface area contributed by atoms with Crippen molar-refractivity contribution in [3.8, 4) is 0 Å². The molecule has 0 radical (unpaired) electrons. The van der Waals surface area contributed by atoms with Gasteiger partial charge in [0.2, 0.25) is 0 Å². The highest BCUT2D eigenvalue weighted by molar-refractivity contribution is 5.39. The lowest BCUT2D eigenvalue weighted by molar-refractivity contribution is 0.0383. The van der Waals surface area contributed by atoms with Crippen LogP contribution in [0.2, 0.25) is 0 Å². The van der Waals surface area contributed by atoms with Crippen LogP contribution in [0.5, 0.6) is 0 Å². The largest absolute Gasteiger partial charge is 0.393 e. The van der Waals surface area contributed by atoms with Crippen molar-refractivity contribution in [3.05, 3.63) is 47.6 Å².